The van der Waals surface area contributed by atoms with Crippen LogP contribution in [0.3, 0.4) is 0 Å². The maximum Gasteiger partial charge on any atom is 0.263 e. The number of halogens is 2. The number of carbonyl (C=O) groups is 1. The van der Waals surface area contributed by atoms with Crippen molar-refractivity contribution in [2.75, 3.05) is 11.9 Å². The monoisotopic (exact) mass is 281 g/mol. The number of nitrogens with zero attached hydrogens (tertiary/aromatic N) is 1. The van der Waals surface area contributed by atoms with Crippen LogP contribution in [0.15, 0.2) is 12.1 Å². The summed E-state index contributed by atoms with van der Waals surface area (Å²) in [6.07, 6.45) is 4.44. The molecule has 1 fully saturated rings. The lowest BCUT2D eigenvalue weighted by Gasteiger charge is -2.34. The number of hydrogen-bond donors (Lipinski definition) is 1. The molecule has 5 heteroatoms. The van der Waals surface area contributed by atoms with Crippen LogP contribution >= 0.6 is 0 Å². The molecule has 0 aromatic heterocycles. The zero-order chi connectivity index (χ0) is 14.5. The number of likely N-dealkylation sites (N-methyl/N-ethyl adjacent to an activating group) is 1. The van der Waals surface area contributed by atoms with Gasteiger partial charge in [-0.15, -0.1) is 0 Å². The Kier molecular flexibility index (Phi) is 3.05. The van der Waals surface area contributed by atoms with Gasteiger partial charge in [0.1, 0.15) is 0 Å². The Bertz CT molecular complexity index is 569. The van der Waals surface area contributed by atoms with Crippen LogP contribution in [0.25, 0.3) is 0 Å². The van der Waals surface area contributed by atoms with Crippen LogP contribution in [0.4, 0.5) is 14.5 Å². The molecule has 108 valence electrons. The minimum Gasteiger partial charge on any atom is -0.375 e. The summed E-state index contributed by atoms with van der Waals surface area (Å²) in [5, 5.41) is 10.9. The van der Waals surface area contributed by atoms with Crippen LogP contribution in [0, 0.1) is 17.6 Å². The molecule has 2 aliphatic rings. The Morgan fingerprint density at radius 1 is 1.25 bits per heavy atom. The molecule has 1 N–H and O–H groups in total. The van der Waals surface area contributed by atoms with Crippen LogP contribution in [-0.4, -0.2) is 18.1 Å². The van der Waals surface area contributed by atoms with E-state index in [0.29, 0.717) is 0 Å². The quantitative estimate of drug-likeness (QED) is 0.860. The lowest BCUT2D eigenvalue weighted by Crippen LogP contribution is -2.45. The third kappa shape index (κ3) is 1.62. The normalized spacial score (nSPS) is 27.0. The summed E-state index contributed by atoms with van der Waals surface area (Å²) in [5.74, 6) is -2.84. The van der Waals surface area contributed by atoms with Gasteiger partial charge in [-0.3, -0.25) is 4.79 Å². The Labute approximate surface area is 116 Å². The van der Waals surface area contributed by atoms with E-state index in [9.17, 15) is 18.7 Å². The molecule has 0 bridgehead atoms. The number of carbonyl (C=O) groups excluding carboxylic acids is 1. The minimum atomic E-state index is -1.71. The molecule has 20 heavy (non-hydrogen) atoms. The molecule has 1 unspecified atom stereocenters. The SMILES string of the molecule is CN1C(=O)C(O)(C2CCCCC2)c2ccc(F)c(F)c21. The van der Waals surface area contributed by atoms with E-state index in [2.05, 4.69) is 0 Å². The zero-order valence-electron chi connectivity index (χ0n) is 11.3. The molecule has 3 rings (SSSR count). The molecule has 0 radical (unpaired) electrons. The van der Waals surface area contributed by atoms with E-state index < -0.39 is 23.1 Å². The van der Waals surface area contributed by atoms with E-state index >= 15 is 0 Å². The Morgan fingerprint density at radius 3 is 2.55 bits per heavy atom. The van der Waals surface area contributed by atoms with Gasteiger partial charge in [-0.25, -0.2) is 8.78 Å². The second kappa shape index (κ2) is 4.52. The standard InChI is InChI=1S/C15H17F2NO2/c1-18-13-10(7-8-11(16)12(13)17)15(20,14(18)19)9-5-3-2-4-6-9/h7-9,20H,2-6H2,1H3. The fraction of sp³-hybridized carbons (Fsp3) is 0.533. The fourth-order valence-corrected chi connectivity index (χ4v) is 3.56. The van der Waals surface area contributed by atoms with Crippen LogP contribution in [0.2, 0.25) is 0 Å². The highest BCUT2D eigenvalue weighted by atomic mass is 19.2. The van der Waals surface area contributed by atoms with E-state index in [1.807, 2.05) is 0 Å². The molecule has 0 saturated heterocycles. The second-order valence-electron chi connectivity index (χ2n) is 5.72. The van der Waals surface area contributed by atoms with Crippen molar-refractivity contribution in [3.8, 4) is 0 Å². The summed E-state index contributed by atoms with van der Waals surface area (Å²) in [6.45, 7) is 0. The van der Waals surface area contributed by atoms with Gasteiger partial charge in [-0.2, -0.15) is 0 Å². The predicted molar refractivity (Wildman–Crippen MR) is 70.2 cm³/mol. The number of rotatable bonds is 1. The number of hydrogen-bond acceptors (Lipinski definition) is 2. The van der Waals surface area contributed by atoms with Crippen molar-refractivity contribution in [3.05, 3.63) is 29.3 Å². The van der Waals surface area contributed by atoms with Crippen LogP contribution in [0.5, 0.6) is 0 Å². The number of benzene rings is 1. The Hall–Kier alpha value is -1.49. The van der Waals surface area contributed by atoms with Gasteiger partial charge < -0.3 is 10.0 Å². The molecule has 1 amide bonds. The van der Waals surface area contributed by atoms with Crippen molar-refractivity contribution in [2.45, 2.75) is 37.7 Å². The zero-order valence-corrected chi connectivity index (χ0v) is 11.3. The molecule has 0 spiro atoms. The van der Waals surface area contributed by atoms with E-state index in [-0.39, 0.29) is 17.2 Å². The van der Waals surface area contributed by atoms with Crippen molar-refractivity contribution < 1.29 is 18.7 Å². The molecule has 3 nitrogen and oxygen atoms in total. The highest BCUT2D eigenvalue weighted by molar-refractivity contribution is 6.06. The van der Waals surface area contributed by atoms with Crippen molar-refractivity contribution >= 4 is 11.6 Å². The number of anilines is 1. The van der Waals surface area contributed by atoms with Crippen LogP contribution < -0.4 is 4.90 Å². The van der Waals surface area contributed by atoms with Crippen LogP contribution in [-0.2, 0) is 10.4 Å². The maximum atomic E-state index is 14.0. The lowest BCUT2D eigenvalue weighted by atomic mass is 9.74. The van der Waals surface area contributed by atoms with Crippen molar-refractivity contribution in [1.82, 2.24) is 0 Å². The molecule has 1 aliphatic carbocycles. The van der Waals surface area contributed by atoms with Gasteiger partial charge in [0.05, 0.1) is 5.69 Å². The van der Waals surface area contributed by atoms with E-state index in [0.717, 1.165) is 43.1 Å². The molecular formula is C15H17F2NO2. The highest BCUT2D eigenvalue weighted by Crippen LogP contribution is 2.49. The first-order valence-corrected chi connectivity index (χ1v) is 6.97. The average molecular weight is 281 g/mol. The second-order valence-corrected chi connectivity index (χ2v) is 5.72. The number of amides is 1. The summed E-state index contributed by atoms with van der Waals surface area (Å²) >= 11 is 0. The molecule has 1 heterocycles. The first-order chi connectivity index (χ1) is 9.48. The first-order valence-electron chi connectivity index (χ1n) is 6.97. The van der Waals surface area contributed by atoms with Gasteiger partial charge in [-0.1, -0.05) is 25.3 Å². The fourth-order valence-electron chi connectivity index (χ4n) is 3.56. The summed E-state index contributed by atoms with van der Waals surface area (Å²) in [4.78, 5) is 13.5. The van der Waals surface area contributed by atoms with Gasteiger partial charge >= 0.3 is 0 Å². The number of aliphatic hydroxyl groups is 1. The first kappa shape index (κ1) is 13.5. The Morgan fingerprint density at radius 2 is 1.90 bits per heavy atom. The van der Waals surface area contributed by atoms with E-state index in [4.69, 9.17) is 0 Å². The van der Waals surface area contributed by atoms with Gasteiger partial charge in [-0.05, 0) is 18.9 Å². The summed E-state index contributed by atoms with van der Waals surface area (Å²) < 4.78 is 27.3. The van der Waals surface area contributed by atoms with Crippen molar-refractivity contribution in [3.63, 3.8) is 0 Å². The van der Waals surface area contributed by atoms with Crippen LogP contribution in [0.1, 0.15) is 37.7 Å². The van der Waals surface area contributed by atoms with E-state index in [1.54, 1.807) is 0 Å². The third-order valence-electron chi connectivity index (χ3n) is 4.64. The predicted octanol–water partition coefficient (Wildman–Crippen LogP) is 2.71. The molecule has 1 atom stereocenters. The molecule has 1 aromatic rings. The average Bonchev–Trinajstić information content (AvgIpc) is 2.67. The number of fused-ring (bicyclic) bond motifs is 1. The van der Waals surface area contributed by atoms with Crippen molar-refractivity contribution in [2.24, 2.45) is 5.92 Å². The molecule has 1 saturated carbocycles. The highest BCUT2D eigenvalue weighted by Gasteiger charge is 2.54. The van der Waals surface area contributed by atoms with Gasteiger partial charge in [0.15, 0.2) is 17.2 Å². The summed E-state index contributed by atoms with van der Waals surface area (Å²) in [5.41, 5.74) is -1.63. The van der Waals surface area contributed by atoms with Gasteiger partial charge in [0.25, 0.3) is 5.91 Å². The van der Waals surface area contributed by atoms with Gasteiger partial charge in [0.2, 0.25) is 0 Å². The maximum absolute atomic E-state index is 14.0. The lowest BCUT2D eigenvalue weighted by molar-refractivity contribution is -0.143. The molecule has 1 aromatic carbocycles. The minimum absolute atomic E-state index is 0.122. The largest absolute Gasteiger partial charge is 0.375 e. The Balaban J connectivity index is 2.14. The molecule has 1 aliphatic heterocycles. The third-order valence-corrected chi connectivity index (χ3v) is 4.64. The summed E-state index contributed by atoms with van der Waals surface area (Å²) in [7, 11) is 1.38. The molecular weight excluding hydrogens is 264 g/mol. The summed E-state index contributed by atoms with van der Waals surface area (Å²) in [6, 6.07) is 2.32. The van der Waals surface area contributed by atoms with Crippen molar-refractivity contribution in [1.29, 1.82) is 0 Å². The van der Waals surface area contributed by atoms with E-state index in [1.165, 1.54) is 13.1 Å². The smallest absolute Gasteiger partial charge is 0.263 e. The topological polar surface area (TPSA) is 40.5 Å². The van der Waals surface area contributed by atoms with Gasteiger partial charge in [0, 0.05) is 18.5 Å².